The van der Waals surface area contributed by atoms with Crippen LogP contribution >= 0.6 is 0 Å². The first kappa shape index (κ1) is 27.7. The molecule has 0 spiro atoms. The first-order chi connectivity index (χ1) is 19.0. The third-order valence-electron chi connectivity index (χ3n) is 6.54. The topological polar surface area (TPSA) is 98.2 Å². The summed E-state index contributed by atoms with van der Waals surface area (Å²) in [5, 5.41) is 11.4. The summed E-state index contributed by atoms with van der Waals surface area (Å²) in [5.41, 5.74) is 1.74. The van der Waals surface area contributed by atoms with Crippen molar-refractivity contribution in [1.82, 2.24) is 9.88 Å². The van der Waals surface area contributed by atoms with E-state index in [-0.39, 0.29) is 17.9 Å². The molecule has 8 heteroatoms. The zero-order valence-corrected chi connectivity index (χ0v) is 22.6. The Balaban J connectivity index is 1.80. The number of unbranched alkanes of at least 4 members (excludes halogenated alkanes) is 2. The van der Waals surface area contributed by atoms with Gasteiger partial charge in [0.25, 0.3) is 11.7 Å². The number of ketones is 1. The summed E-state index contributed by atoms with van der Waals surface area (Å²) in [6.45, 7) is 5.13. The predicted octanol–water partition coefficient (Wildman–Crippen LogP) is 5.68. The second-order valence-electron chi connectivity index (χ2n) is 9.21. The van der Waals surface area contributed by atoms with Crippen molar-refractivity contribution in [1.29, 1.82) is 0 Å². The number of methoxy groups -OCH3 is 1. The maximum Gasteiger partial charge on any atom is 0.295 e. The van der Waals surface area contributed by atoms with Crippen LogP contribution in [0.1, 0.15) is 55.8 Å². The number of carbonyl (C=O) groups is 2. The Labute approximate surface area is 228 Å². The largest absolute Gasteiger partial charge is 0.507 e. The van der Waals surface area contributed by atoms with E-state index in [1.54, 1.807) is 68.0 Å². The molecule has 204 valence electrons. The fraction of sp³-hybridized carbons (Fsp3) is 0.323. The van der Waals surface area contributed by atoms with E-state index < -0.39 is 17.7 Å². The molecular formula is C31H34N2O6. The number of hydrogen-bond donors (Lipinski definition) is 1. The first-order valence-electron chi connectivity index (χ1n) is 13.2. The summed E-state index contributed by atoms with van der Waals surface area (Å²) in [4.78, 5) is 32.4. The highest BCUT2D eigenvalue weighted by molar-refractivity contribution is 6.46. The summed E-state index contributed by atoms with van der Waals surface area (Å²) in [7, 11) is 1.55. The fourth-order valence-electron chi connectivity index (χ4n) is 4.64. The molecule has 1 N–H and O–H groups in total. The number of ether oxygens (including phenoxy) is 3. The van der Waals surface area contributed by atoms with Crippen molar-refractivity contribution < 1.29 is 28.9 Å². The van der Waals surface area contributed by atoms with Crippen LogP contribution in [0.15, 0.2) is 72.6 Å². The highest BCUT2D eigenvalue weighted by Crippen LogP contribution is 2.43. The van der Waals surface area contributed by atoms with E-state index >= 15 is 0 Å². The van der Waals surface area contributed by atoms with Gasteiger partial charge in [-0.1, -0.05) is 44.0 Å². The summed E-state index contributed by atoms with van der Waals surface area (Å²) in [6, 6.07) is 14.9. The van der Waals surface area contributed by atoms with Crippen molar-refractivity contribution >= 4 is 17.4 Å². The van der Waals surface area contributed by atoms with Crippen LogP contribution in [0.25, 0.3) is 5.76 Å². The molecule has 0 aliphatic carbocycles. The van der Waals surface area contributed by atoms with Crippen molar-refractivity contribution in [3.63, 3.8) is 0 Å². The summed E-state index contributed by atoms with van der Waals surface area (Å²) in [6.07, 6.45) is 6.36. The minimum absolute atomic E-state index is 0.00351. The molecule has 1 unspecified atom stereocenters. The fourth-order valence-corrected chi connectivity index (χ4v) is 4.64. The number of benzene rings is 2. The van der Waals surface area contributed by atoms with E-state index in [4.69, 9.17) is 14.2 Å². The van der Waals surface area contributed by atoms with Crippen LogP contribution in [-0.2, 0) is 16.1 Å². The smallest absolute Gasteiger partial charge is 0.295 e. The number of amides is 1. The monoisotopic (exact) mass is 530 g/mol. The Morgan fingerprint density at radius 3 is 2.56 bits per heavy atom. The number of pyridine rings is 1. The Bertz CT molecular complexity index is 1340. The average Bonchev–Trinajstić information content (AvgIpc) is 3.20. The van der Waals surface area contributed by atoms with Crippen molar-refractivity contribution in [3.05, 3.63) is 89.3 Å². The predicted molar refractivity (Wildman–Crippen MR) is 148 cm³/mol. The SMILES string of the molecule is CCCCCOc1ccc(C2C(=C(O)c3cccc(OCC)c3)C(=O)C(=O)N2Cc2cccnc2)cc1OC. The zero-order valence-electron chi connectivity index (χ0n) is 22.6. The number of aliphatic hydroxyl groups excluding tert-OH is 1. The summed E-state index contributed by atoms with van der Waals surface area (Å²) < 4.78 is 17.1. The van der Waals surface area contributed by atoms with Crippen LogP contribution in [0.3, 0.4) is 0 Å². The van der Waals surface area contributed by atoms with Gasteiger partial charge in [-0.3, -0.25) is 14.6 Å². The maximum atomic E-state index is 13.4. The Hall–Kier alpha value is -4.33. The quantitative estimate of drug-likeness (QED) is 0.139. The molecule has 2 aromatic carbocycles. The van der Waals surface area contributed by atoms with E-state index in [1.165, 1.54) is 4.90 Å². The van der Waals surface area contributed by atoms with Gasteiger partial charge < -0.3 is 24.2 Å². The van der Waals surface area contributed by atoms with Gasteiger partial charge in [0.05, 0.1) is 31.9 Å². The van der Waals surface area contributed by atoms with Gasteiger partial charge in [-0.25, -0.2) is 0 Å². The molecule has 0 radical (unpaired) electrons. The number of nitrogens with zero attached hydrogens (tertiary/aromatic N) is 2. The van der Waals surface area contributed by atoms with Gasteiger partial charge in [-0.15, -0.1) is 0 Å². The van der Waals surface area contributed by atoms with Gasteiger partial charge in [-0.05, 0) is 54.8 Å². The van der Waals surface area contributed by atoms with Crippen LogP contribution < -0.4 is 14.2 Å². The molecule has 1 aliphatic rings. The highest BCUT2D eigenvalue weighted by Gasteiger charge is 2.46. The van der Waals surface area contributed by atoms with E-state index in [0.717, 1.165) is 24.8 Å². The van der Waals surface area contributed by atoms with Gasteiger partial charge in [-0.2, -0.15) is 0 Å². The minimum Gasteiger partial charge on any atom is -0.507 e. The molecule has 0 saturated carbocycles. The molecule has 0 bridgehead atoms. The van der Waals surface area contributed by atoms with Crippen molar-refractivity contribution in [2.24, 2.45) is 0 Å². The average molecular weight is 531 g/mol. The molecule has 2 heterocycles. The molecule has 4 rings (SSSR count). The van der Waals surface area contributed by atoms with Crippen molar-refractivity contribution in [2.45, 2.75) is 45.7 Å². The standard InChI is InChI=1S/C31H34N2O6/c1-4-6-7-16-39-25-14-13-22(18-26(25)37-3)28-27(29(34)23-11-8-12-24(17-23)38-5-2)30(35)31(36)33(28)20-21-10-9-15-32-19-21/h8-15,17-19,28,34H,4-7,16,20H2,1-3H3. The van der Waals surface area contributed by atoms with Gasteiger partial charge in [0.1, 0.15) is 11.5 Å². The lowest BCUT2D eigenvalue weighted by atomic mass is 9.94. The Kier molecular flexibility index (Phi) is 9.20. The molecule has 1 aromatic heterocycles. The lowest BCUT2D eigenvalue weighted by molar-refractivity contribution is -0.140. The molecule has 8 nitrogen and oxygen atoms in total. The number of carbonyl (C=O) groups excluding carboxylic acids is 2. The lowest BCUT2D eigenvalue weighted by Gasteiger charge is -2.26. The highest BCUT2D eigenvalue weighted by atomic mass is 16.5. The summed E-state index contributed by atoms with van der Waals surface area (Å²) >= 11 is 0. The summed E-state index contributed by atoms with van der Waals surface area (Å²) in [5.74, 6) is -0.131. The molecule has 3 aromatic rings. The van der Waals surface area contributed by atoms with Crippen LogP contribution in [0.5, 0.6) is 17.2 Å². The van der Waals surface area contributed by atoms with Crippen LogP contribution in [0.4, 0.5) is 0 Å². The molecule has 1 atom stereocenters. The first-order valence-corrected chi connectivity index (χ1v) is 13.2. The van der Waals surface area contributed by atoms with Crippen LogP contribution in [-0.4, -0.2) is 47.0 Å². The van der Waals surface area contributed by atoms with E-state index in [0.29, 0.717) is 41.6 Å². The second-order valence-corrected chi connectivity index (χ2v) is 9.21. The number of aromatic nitrogens is 1. The molecule has 39 heavy (non-hydrogen) atoms. The van der Waals surface area contributed by atoms with Crippen molar-refractivity contribution in [3.8, 4) is 17.2 Å². The molecule has 1 amide bonds. The van der Waals surface area contributed by atoms with Gasteiger partial charge in [0.2, 0.25) is 0 Å². The van der Waals surface area contributed by atoms with E-state index in [1.807, 2.05) is 13.0 Å². The van der Waals surface area contributed by atoms with Crippen LogP contribution in [0.2, 0.25) is 0 Å². The second kappa shape index (κ2) is 13.0. The Morgan fingerprint density at radius 1 is 1.00 bits per heavy atom. The molecule has 1 saturated heterocycles. The van der Waals surface area contributed by atoms with Gasteiger partial charge in [0, 0.05) is 24.5 Å². The maximum absolute atomic E-state index is 13.4. The van der Waals surface area contributed by atoms with Gasteiger partial charge >= 0.3 is 0 Å². The number of rotatable bonds is 12. The molecule has 1 aliphatic heterocycles. The number of aliphatic hydroxyl groups is 1. The lowest BCUT2D eigenvalue weighted by Crippen LogP contribution is -2.29. The Morgan fingerprint density at radius 2 is 1.85 bits per heavy atom. The third-order valence-corrected chi connectivity index (χ3v) is 6.54. The molecular weight excluding hydrogens is 496 g/mol. The van der Waals surface area contributed by atoms with Crippen LogP contribution in [0, 0.1) is 0 Å². The zero-order chi connectivity index (χ0) is 27.8. The van der Waals surface area contributed by atoms with Crippen molar-refractivity contribution in [2.75, 3.05) is 20.3 Å². The van der Waals surface area contributed by atoms with E-state index in [9.17, 15) is 14.7 Å². The normalized spacial score (nSPS) is 16.4. The number of likely N-dealkylation sites (tertiary alicyclic amines) is 1. The minimum atomic E-state index is -0.857. The van der Waals surface area contributed by atoms with E-state index in [2.05, 4.69) is 11.9 Å². The number of hydrogen-bond acceptors (Lipinski definition) is 7. The van der Waals surface area contributed by atoms with Gasteiger partial charge in [0.15, 0.2) is 11.5 Å². The number of Topliss-reactive ketones (excluding diaryl/α,β-unsaturated/α-hetero) is 1. The third kappa shape index (κ3) is 6.22. The molecule has 1 fully saturated rings.